The van der Waals surface area contributed by atoms with E-state index >= 15 is 0 Å². The lowest BCUT2D eigenvalue weighted by molar-refractivity contribution is 0.400. The van der Waals surface area contributed by atoms with E-state index < -0.39 is 0 Å². The molecule has 1 nitrogen and oxygen atoms in total. The summed E-state index contributed by atoms with van der Waals surface area (Å²) in [6, 6.07) is 4.72. The Morgan fingerprint density at radius 1 is 1.50 bits per heavy atom. The molecule has 0 heterocycles. The highest BCUT2D eigenvalue weighted by molar-refractivity contribution is 5.30. The maximum absolute atomic E-state index is 13.0. The van der Waals surface area contributed by atoms with Gasteiger partial charge in [0.05, 0.1) is 5.76 Å². The fourth-order valence-electron chi connectivity index (χ4n) is 0.877. The Balaban J connectivity index is 2.97. The third kappa shape index (κ3) is 2.09. The molecule has 2 heteroatoms. The fraction of sp³-hybridized carbons (Fsp3) is 0.200. The summed E-state index contributed by atoms with van der Waals surface area (Å²) in [7, 11) is 0. The van der Waals surface area contributed by atoms with Gasteiger partial charge in [0, 0.05) is 0 Å². The topological polar surface area (TPSA) is 9.23 Å². The second kappa shape index (κ2) is 3.39. The molecule has 0 amide bonds. The van der Waals surface area contributed by atoms with Crippen molar-refractivity contribution >= 4 is 0 Å². The molecule has 0 aliphatic carbocycles. The van der Waals surface area contributed by atoms with Gasteiger partial charge >= 0.3 is 0 Å². The minimum Gasteiger partial charge on any atom is -0.460 e. The number of allylic oxidation sites excluding steroid dienone is 1. The van der Waals surface area contributed by atoms with Gasteiger partial charge in [-0.15, -0.1) is 0 Å². The summed E-state index contributed by atoms with van der Waals surface area (Å²) in [5.41, 5.74) is 0.965. The lowest BCUT2D eigenvalue weighted by Gasteiger charge is -2.05. The summed E-state index contributed by atoms with van der Waals surface area (Å²) in [5, 5.41) is 0. The first kappa shape index (κ1) is 8.78. The van der Waals surface area contributed by atoms with Gasteiger partial charge in [0.25, 0.3) is 0 Å². The average molecular weight is 166 g/mol. The number of benzene rings is 1. The van der Waals surface area contributed by atoms with Crippen LogP contribution in [0, 0.1) is 12.7 Å². The zero-order valence-corrected chi connectivity index (χ0v) is 7.23. The Bertz CT molecular complexity index is 305. The van der Waals surface area contributed by atoms with Crippen LogP contribution in [0.5, 0.6) is 5.75 Å². The van der Waals surface area contributed by atoms with Crippen molar-refractivity contribution < 1.29 is 9.13 Å². The predicted octanol–water partition coefficient (Wildman–Crippen LogP) is 3.05. The van der Waals surface area contributed by atoms with Crippen LogP contribution in [0.4, 0.5) is 4.39 Å². The van der Waals surface area contributed by atoms with E-state index in [0.29, 0.717) is 5.76 Å². The molecule has 0 spiro atoms. The number of halogens is 1. The van der Waals surface area contributed by atoms with E-state index in [1.165, 1.54) is 6.07 Å². The van der Waals surface area contributed by atoms with Gasteiger partial charge in [-0.2, -0.15) is 0 Å². The van der Waals surface area contributed by atoms with Gasteiger partial charge in [-0.25, -0.2) is 4.39 Å². The van der Waals surface area contributed by atoms with E-state index in [1.54, 1.807) is 19.1 Å². The molecule has 0 aromatic heterocycles. The molecule has 0 unspecified atom stereocenters. The lowest BCUT2D eigenvalue weighted by atomic mass is 10.2. The largest absolute Gasteiger partial charge is 0.460 e. The summed E-state index contributed by atoms with van der Waals surface area (Å²) in [6.45, 7) is 7.09. The quantitative estimate of drug-likeness (QED) is 0.613. The minimum absolute atomic E-state index is 0.238. The van der Waals surface area contributed by atoms with Crippen molar-refractivity contribution in [3.8, 4) is 5.75 Å². The van der Waals surface area contributed by atoms with E-state index in [1.807, 2.05) is 6.92 Å². The van der Waals surface area contributed by atoms with Crippen molar-refractivity contribution in [1.82, 2.24) is 0 Å². The van der Waals surface area contributed by atoms with E-state index in [9.17, 15) is 4.39 Å². The maximum Gasteiger partial charge on any atom is 0.165 e. The van der Waals surface area contributed by atoms with Crippen LogP contribution in [0.2, 0.25) is 0 Å². The molecule has 0 aliphatic rings. The molecule has 0 saturated carbocycles. The van der Waals surface area contributed by atoms with Gasteiger partial charge in [0.2, 0.25) is 0 Å². The number of hydrogen-bond donors (Lipinski definition) is 0. The molecule has 0 saturated heterocycles. The Labute approximate surface area is 71.5 Å². The standard InChI is InChI=1S/C10H11FO/c1-7(2)12-10-6-8(3)4-5-9(10)11/h4-6H,1H2,2-3H3. The first-order chi connectivity index (χ1) is 5.59. The van der Waals surface area contributed by atoms with Crippen molar-refractivity contribution in [2.75, 3.05) is 0 Å². The number of ether oxygens (including phenoxy) is 1. The van der Waals surface area contributed by atoms with E-state index in [-0.39, 0.29) is 11.6 Å². The number of aryl methyl sites for hydroxylation is 1. The molecular weight excluding hydrogens is 155 g/mol. The Morgan fingerprint density at radius 2 is 2.17 bits per heavy atom. The zero-order valence-electron chi connectivity index (χ0n) is 7.23. The second-order valence-corrected chi connectivity index (χ2v) is 2.74. The summed E-state index contributed by atoms with van der Waals surface area (Å²) in [4.78, 5) is 0. The van der Waals surface area contributed by atoms with Gasteiger partial charge in [0.15, 0.2) is 11.6 Å². The molecule has 1 aromatic carbocycles. The van der Waals surface area contributed by atoms with Crippen molar-refractivity contribution in [3.05, 3.63) is 41.9 Å². The van der Waals surface area contributed by atoms with E-state index in [0.717, 1.165) is 5.56 Å². The third-order valence-electron chi connectivity index (χ3n) is 1.37. The molecule has 0 bridgehead atoms. The SMILES string of the molecule is C=C(C)Oc1cc(C)ccc1F. The highest BCUT2D eigenvalue weighted by Gasteiger charge is 2.02. The van der Waals surface area contributed by atoms with Crippen LogP contribution in [0.15, 0.2) is 30.5 Å². The second-order valence-electron chi connectivity index (χ2n) is 2.74. The molecule has 0 radical (unpaired) electrons. The lowest BCUT2D eigenvalue weighted by Crippen LogP contribution is -1.92. The Morgan fingerprint density at radius 3 is 2.75 bits per heavy atom. The van der Waals surface area contributed by atoms with Crippen LogP contribution < -0.4 is 4.74 Å². The minimum atomic E-state index is -0.358. The smallest absolute Gasteiger partial charge is 0.165 e. The number of hydrogen-bond acceptors (Lipinski definition) is 1. The van der Waals surface area contributed by atoms with Gasteiger partial charge in [0.1, 0.15) is 0 Å². The predicted molar refractivity (Wildman–Crippen MR) is 46.6 cm³/mol. The molecule has 0 atom stereocenters. The summed E-state index contributed by atoms with van der Waals surface area (Å²) >= 11 is 0. The van der Waals surface area contributed by atoms with Crippen LogP contribution in [-0.4, -0.2) is 0 Å². The molecule has 1 aromatic rings. The van der Waals surface area contributed by atoms with Crippen molar-refractivity contribution in [2.45, 2.75) is 13.8 Å². The maximum atomic E-state index is 13.0. The van der Waals surface area contributed by atoms with Crippen LogP contribution in [-0.2, 0) is 0 Å². The normalized spacial score (nSPS) is 9.58. The van der Waals surface area contributed by atoms with Gasteiger partial charge in [-0.3, -0.25) is 0 Å². The van der Waals surface area contributed by atoms with Crippen molar-refractivity contribution in [2.24, 2.45) is 0 Å². The van der Waals surface area contributed by atoms with Gasteiger partial charge < -0.3 is 4.74 Å². The molecule has 64 valence electrons. The molecule has 1 rings (SSSR count). The van der Waals surface area contributed by atoms with Crippen LogP contribution in [0.25, 0.3) is 0 Å². The van der Waals surface area contributed by atoms with Crippen LogP contribution >= 0.6 is 0 Å². The molecule has 0 aliphatic heterocycles. The number of rotatable bonds is 2. The van der Waals surface area contributed by atoms with Gasteiger partial charge in [-0.05, 0) is 31.5 Å². The first-order valence-corrected chi connectivity index (χ1v) is 3.69. The summed E-state index contributed by atoms with van der Waals surface area (Å²) < 4.78 is 18.0. The average Bonchev–Trinajstić information content (AvgIpc) is 1.96. The first-order valence-electron chi connectivity index (χ1n) is 3.69. The molecule has 0 N–H and O–H groups in total. The van der Waals surface area contributed by atoms with Crippen molar-refractivity contribution in [3.63, 3.8) is 0 Å². The van der Waals surface area contributed by atoms with E-state index in [4.69, 9.17) is 4.74 Å². The summed E-state index contributed by atoms with van der Waals surface area (Å²) in [5.74, 6) is 0.366. The van der Waals surface area contributed by atoms with Gasteiger partial charge in [-0.1, -0.05) is 12.6 Å². The Hall–Kier alpha value is -1.31. The monoisotopic (exact) mass is 166 g/mol. The summed E-state index contributed by atoms with van der Waals surface area (Å²) in [6.07, 6.45) is 0. The molecule has 12 heavy (non-hydrogen) atoms. The molecule has 0 fully saturated rings. The zero-order chi connectivity index (χ0) is 9.14. The molecular formula is C10H11FO. The fourth-order valence-corrected chi connectivity index (χ4v) is 0.877. The Kier molecular flexibility index (Phi) is 2.48. The van der Waals surface area contributed by atoms with Crippen molar-refractivity contribution in [1.29, 1.82) is 0 Å². The highest BCUT2D eigenvalue weighted by Crippen LogP contribution is 2.19. The highest BCUT2D eigenvalue weighted by atomic mass is 19.1. The third-order valence-corrected chi connectivity index (χ3v) is 1.37. The van der Waals surface area contributed by atoms with Crippen LogP contribution in [0.1, 0.15) is 12.5 Å². The van der Waals surface area contributed by atoms with E-state index in [2.05, 4.69) is 6.58 Å². The van der Waals surface area contributed by atoms with Crippen LogP contribution in [0.3, 0.4) is 0 Å².